The van der Waals surface area contributed by atoms with E-state index in [1.807, 2.05) is 6.07 Å². The number of aliphatic hydroxyl groups excluding tert-OH is 1. The second-order valence-corrected chi connectivity index (χ2v) is 4.88. The van der Waals surface area contributed by atoms with E-state index >= 15 is 0 Å². The Morgan fingerprint density at radius 1 is 1.53 bits per heavy atom. The predicted octanol–water partition coefficient (Wildman–Crippen LogP) is 0.752. The van der Waals surface area contributed by atoms with Crippen LogP contribution in [-0.4, -0.2) is 21.4 Å². The van der Waals surface area contributed by atoms with Crippen molar-refractivity contribution in [3.05, 3.63) is 27.5 Å². The number of aromatic hydroxyl groups is 1. The fourth-order valence-corrected chi connectivity index (χ4v) is 1.52. The van der Waals surface area contributed by atoms with E-state index in [1.165, 1.54) is 6.07 Å². The Morgan fingerprint density at radius 2 is 2.12 bits per heavy atom. The van der Waals surface area contributed by atoms with Gasteiger partial charge in [0.2, 0.25) is 5.88 Å². The molecule has 0 amide bonds. The third-order valence-electron chi connectivity index (χ3n) is 2.61. The molecule has 0 aliphatic rings. The lowest BCUT2D eigenvalue weighted by molar-refractivity contribution is 0.136. The van der Waals surface area contributed by atoms with Crippen molar-refractivity contribution >= 4 is 0 Å². The highest BCUT2D eigenvalue weighted by molar-refractivity contribution is 5.43. The van der Waals surface area contributed by atoms with Gasteiger partial charge in [0.25, 0.3) is 5.56 Å². The van der Waals surface area contributed by atoms with Crippen molar-refractivity contribution in [2.45, 2.75) is 27.3 Å². The summed E-state index contributed by atoms with van der Waals surface area (Å²) in [6.07, 6.45) is 0. The van der Waals surface area contributed by atoms with Gasteiger partial charge in [-0.2, -0.15) is 5.26 Å². The smallest absolute Gasteiger partial charge is 0.253 e. The van der Waals surface area contributed by atoms with Crippen LogP contribution in [0.2, 0.25) is 0 Å². The van der Waals surface area contributed by atoms with Crippen LogP contribution in [0.5, 0.6) is 5.88 Å². The minimum atomic E-state index is -0.538. The van der Waals surface area contributed by atoms with Crippen LogP contribution < -0.4 is 5.56 Å². The highest BCUT2D eigenvalue weighted by Crippen LogP contribution is 2.22. The first-order valence-electron chi connectivity index (χ1n) is 5.27. The second-order valence-electron chi connectivity index (χ2n) is 4.88. The molecule has 5 nitrogen and oxygen atoms in total. The average molecular weight is 236 g/mol. The molecule has 0 aromatic carbocycles. The molecule has 1 aromatic rings. The van der Waals surface area contributed by atoms with E-state index in [0.717, 1.165) is 4.57 Å². The van der Waals surface area contributed by atoms with Gasteiger partial charge >= 0.3 is 0 Å². The minimum Gasteiger partial charge on any atom is -0.493 e. The number of nitrogens with zero attached hydrogens (tertiary/aromatic N) is 2. The predicted molar refractivity (Wildman–Crippen MR) is 62.7 cm³/mol. The van der Waals surface area contributed by atoms with Crippen LogP contribution in [0.3, 0.4) is 0 Å². The summed E-state index contributed by atoms with van der Waals surface area (Å²) in [5, 5.41) is 27.9. The van der Waals surface area contributed by atoms with Gasteiger partial charge in [-0.15, -0.1) is 0 Å². The van der Waals surface area contributed by atoms with Gasteiger partial charge in [0, 0.05) is 24.6 Å². The van der Waals surface area contributed by atoms with Crippen molar-refractivity contribution < 1.29 is 10.2 Å². The van der Waals surface area contributed by atoms with Crippen molar-refractivity contribution in [2.75, 3.05) is 6.61 Å². The van der Waals surface area contributed by atoms with Crippen molar-refractivity contribution in [3.63, 3.8) is 0 Å². The lowest BCUT2D eigenvalue weighted by atomic mass is 9.94. The Bertz CT molecular complexity index is 524. The summed E-state index contributed by atoms with van der Waals surface area (Å²) in [6, 6.07) is 3.17. The van der Waals surface area contributed by atoms with Gasteiger partial charge in [-0.1, -0.05) is 13.8 Å². The van der Waals surface area contributed by atoms with Gasteiger partial charge in [-0.05, 0) is 12.5 Å². The summed E-state index contributed by atoms with van der Waals surface area (Å²) >= 11 is 0. The largest absolute Gasteiger partial charge is 0.493 e. The maximum Gasteiger partial charge on any atom is 0.253 e. The summed E-state index contributed by atoms with van der Waals surface area (Å²) in [6.45, 7) is 5.18. The zero-order chi connectivity index (χ0) is 13.2. The molecule has 0 atom stereocenters. The summed E-state index contributed by atoms with van der Waals surface area (Å²) in [7, 11) is 0. The van der Waals surface area contributed by atoms with E-state index in [0.29, 0.717) is 5.56 Å². The lowest BCUT2D eigenvalue weighted by Crippen LogP contribution is -2.31. The fourth-order valence-electron chi connectivity index (χ4n) is 1.52. The Morgan fingerprint density at radius 3 is 2.59 bits per heavy atom. The third-order valence-corrected chi connectivity index (χ3v) is 2.61. The monoisotopic (exact) mass is 236 g/mol. The van der Waals surface area contributed by atoms with E-state index in [4.69, 9.17) is 10.4 Å². The molecule has 0 spiro atoms. The zero-order valence-electron chi connectivity index (χ0n) is 10.2. The molecule has 0 saturated heterocycles. The van der Waals surface area contributed by atoms with Crippen LogP contribution in [0.4, 0.5) is 0 Å². The number of aryl methyl sites for hydroxylation is 1. The fraction of sp³-hybridized carbons (Fsp3) is 0.500. The van der Waals surface area contributed by atoms with Crippen molar-refractivity contribution in [2.24, 2.45) is 5.41 Å². The first-order chi connectivity index (χ1) is 7.82. The number of pyridine rings is 1. The highest BCUT2D eigenvalue weighted by atomic mass is 16.3. The molecule has 92 valence electrons. The van der Waals surface area contributed by atoms with Gasteiger partial charge in [-0.3, -0.25) is 9.36 Å². The van der Waals surface area contributed by atoms with E-state index in [9.17, 15) is 9.90 Å². The topological polar surface area (TPSA) is 86.2 Å². The number of aromatic nitrogens is 1. The van der Waals surface area contributed by atoms with Crippen LogP contribution in [0.15, 0.2) is 10.9 Å². The van der Waals surface area contributed by atoms with Crippen LogP contribution in [-0.2, 0) is 6.54 Å². The molecule has 2 N–H and O–H groups in total. The maximum atomic E-state index is 11.7. The molecule has 1 aromatic heterocycles. The van der Waals surface area contributed by atoms with Crippen molar-refractivity contribution in [3.8, 4) is 11.9 Å². The van der Waals surface area contributed by atoms with E-state index in [-0.39, 0.29) is 30.2 Å². The molecule has 1 rings (SSSR count). The summed E-state index contributed by atoms with van der Waals surface area (Å²) in [5.41, 5.74) is -0.365. The molecular weight excluding hydrogens is 220 g/mol. The second kappa shape index (κ2) is 4.60. The van der Waals surface area contributed by atoms with Crippen LogP contribution >= 0.6 is 0 Å². The van der Waals surface area contributed by atoms with Crippen LogP contribution in [0.1, 0.15) is 25.0 Å². The molecule has 0 radical (unpaired) electrons. The molecule has 0 aliphatic heterocycles. The number of hydrogen-bond donors (Lipinski definition) is 2. The van der Waals surface area contributed by atoms with Crippen LogP contribution in [0.25, 0.3) is 0 Å². The highest BCUT2D eigenvalue weighted by Gasteiger charge is 2.21. The molecule has 5 heteroatoms. The Labute approximate surface area is 99.6 Å². The Balaban J connectivity index is 3.36. The number of aliphatic hydroxyl groups is 1. The number of nitriles is 1. The summed E-state index contributed by atoms with van der Waals surface area (Å²) in [5.74, 6) is -0.334. The van der Waals surface area contributed by atoms with E-state index in [1.54, 1.807) is 20.8 Å². The standard InChI is InChI=1S/C12H16N2O3/c1-8-4-10(16)14(6-12(2,3)7-15)11(17)9(8)5-13/h4,15,17H,6-7H2,1-3H3. The Kier molecular flexibility index (Phi) is 3.59. The third kappa shape index (κ3) is 2.66. The number of rotatable bonds is 3. The molecule has 0 fully saturated rings. The van der Waals surface area contributed by atoms with Gasteiger partial charge in [0.15, 0.2) is 0 Å². The summed E-state index contributed by atoms with van der Waals surface area (Å²) < 4.78 is 1.11. The molecule has 0 saturated carbocycles. The molecule has 0 bridgehead atoms. The Hall–Kier alpha value is -1.80. The molecule has 0 unspecified atom stereocenters. The van der Waals surface area contributed by atoms with Gasteiger partial charge in [0.1, 0.15) is 11.6 Å². The SMILES string of the molecule is Cc1cc(=O)n(CC(C)(C)CO)c(O)c1C#N. The molecule has 17 heavy (non-hydrogen) atoms. The van der Waals surface area contributed by atoms with Gasteiger partial charge < -0.3 is 10.2 Å². The normalized spacial score (nSPS) is 11.2. The molecule has 0 aliphatic carbocycles. The molecular formula is C12H16N2O3. The van der Waals surface area contributed by atoms with Crippen LogP contribution in [0, 0.1) is 23.7 Å². The minimum absolute atomic E-state index is 0.0957. The summed E-state index contributed by atoms with van der Waals surface area (Å²) in [4.78, 5) is 11.7. The maximum absolute atomic E-state index is 11.7. The van der Waals surface area contributed by atoms with E-state index < -0.39 is 5.41 Å². The number of hydrogen-bond acceptors (Lipinski definition) is 4. The van der Waals surface area contributed by atoms with Crippen molar-refractivity contribution in [1.29, 1.82) is 5.26 Å². The first-order valence-corrected chi connectivity index (χ1v) is 5.27. The lowest BCUT2D eigenvalue weighted by Gasteiger charge is -2.23. The van der Waals surface area contributed by atoms with Gasteiger partial charge in [-0.25, -0.2) is 0 Å². The van der Waals surface area contributed by atoms with Crippen molar-refractivity contribution in [1.82, 2.24) is 4.57 Å². The molecule has 1 heterocycles. The van der Waals surface area contributed by atoms with E-state index in [2.05, 4.69) is 0 Å². The quantitative estimate of drug-likeness (QED) is 0.811. The van der Waals surface area contributed by atoms with Gasteiger partial charge in [0.05, 0.1) is 0 Å². The first kappa shape index (κ1) is 13.3. The zero-order valence-corrected chi connectivity index (χ0v) is 10.2. The average Bonchev–Trinajstić information content (AvgIpc) is 2.25.